The van der Waals surface area contributed by atoms with Crippen LogP contribution in [0.4, 0.5) is 0 Å². The zero-order valence-electron chi connectivity index (χ0n) is 9.65. The topological polar surface area (TPSA) is 66.8 Å². The van der Waals surface area contributed by atoms with Crippen LogP contribution in [0.15, 0.2) is 0 Å². The van der Waals surface area contributed by atoms with Crippen molar-refractivity contribution >= 4 is 11.9 Å². The van der Waals surface area contributed by atoms with E-state index in [1.165, 1.54) is 4.90 Å². The van der Waals surface area contributed by atoms with Crippen LogP contribution >= 0.6 is 0 Å². The fourth-order valence-corrected chi connectivity index (χ4v) is 1.71. The first-order valence-electron chi connectivity index (χ1n) is 5.67. The Morgan fingerprint density at radius 3 is 2.75 bits per heavy atom. The summed E-state index contributed by atoms with van der Waals surface area (Å²) in [6.07, 6.45) is 3.49. The second-order valence-corrected chi connectivity index (χ2v) is 4.15. The monoisotopic (exact) mass is 229 g/mol. The molecule has 5 heteroatoms. The molecule has 1 aliphatic rings. The Hall–Kier alpha value is -1.10. The molecule has 16 heavy (non-hydrogen) atoms. The maximum atomic E-state index is 11.7. The summed E-state index contributed by atoms with van der Waals surface area (Å²) in [7, 11) is 1.63. The standard InChI is InChI=1S/C11H19NO4/c1-12(6-5-11(14)15)10(13)8-9-4-2-3-7-16-9/h9H,2-8H2,1H3,(H,14,15). The SMILES string of the molecule is CN(CCC(=O)O)C(=O)CC1CCCCO1. The first-order chi connectivity index (χ1) is 7.59. The molecule has 0 aromatic carbocycles. The summed E-state index contributed by atoms with van der Waals surface area (Å²) in [4.78, 5) is 23.5. The lowest BCUT2D eigenvalue weighted by atomic mass is 10.1. The second-order valence-electron chi connectivity index (χ2n) is 4.15. The third-order valence-electron chi connectivity index (χ3n) is 2.76. The summed E-state index contributed by atoms with van der Waals surface area (Å²) in [6.45, 7) is 0.998. The van der Waals surface area contributed by atoms with E-state index in [9.17, 15) is 9.59 Å². The van der Waals surface area contributed by atoms with Crippen LogP contribution in [0.1, 0.15) is 32.1 Å². The normalized spacial score (nSPS) is 20.4. The highest BCUT2D eigenvalue weighted by Crippen LogP contribution is 2.16. The molecule has 0 radical (unpaired) electrons. The van der Waals surface area contributed by atoms with Crippen molar-refractivity contribution in [2.75, 3.05) is 20.2 Å². The minimum absolute atomic E-state index is 0.00619. The van der Waals surface area contributed by atoms with Gasteiger partial charge in [0, 0.05) is 20.2 Å². The van der Waals surface area contributed by atoms with Crippen molar-refractivity contribution in [2.45, 2.75) is 38.2 Å². The fourth-order valence-electron chi connectivity index (χ4n) is 1.71. The fraction of sp³-hybridized carbons (Fsp3) is 0.818. The Morgan fingerprint density at radius 2 is 2.19 bits per heavy atom. The van der Waals surface area contributed by atoms with E-state index in [1.807, 2.05) is 0 Å². The van der Waals surface area contributed by atoms with Crippen molar-refractivity contribution < 1.29 is 19.4 Å². The summed E-state index contributed by atoms with van der Waals surface area (Å²) >= 11 is 0. The van der Waals surface area contributed by atoms with Gasteiger partial charge in [-0.2, -0.15) is 0 Å². The molecule has 0 aromatic heterocycles. The molecule has 1 N–H and O–H groups in total. The van der Waals surface area contributed by atoms with E-state index in [-0.39, 0.29) is 25.0 Å². The van der Waals surface area contributed by atoms with Crippen LogP contribution in [-0.4, -0.2) is 48.2 Å². The number of hydrogen-bond acceptors (Lipinski definition) is 3. The Balaban J connectivity index is 2.24. The molecule has 1 amide bonds. The summed E-state index contributed by atoms with van der Waals surface area (Å²) in [5, 5.41) is 8.50. The number of nitrogens with zero attached hydrogens (tertiary/aromatic N) is 1. The molecular formula is C11H19NO4. The summed E-state index contributed by atoms with van der Waals surface area (Å²) < 4.78 is 5.46. The van der Waals surface area contributed by atoms with Gasteiger partial charge in [-0.25, -0.2) is 0 Å². The highest BCUT2D eigenvalue weighted by molar-refractivity contribution is 5.77. The van der Waals surface area contributed by atoms with Crippen molar-refractivity contribution in [1.82, 2.24) is 4.90 Å². The number of carbonyl (C=O) groups is 2. The van der Waals surface area contributed by atoms with Gasteiger partial charge in [0.2, 0.25) is 5.91 Å². The van der Waals surface area contributed by atoms with Crippen LogP contribution in [0.5, 0.6) is 0 Å². The molecule has 1 fully saturated rings. The predicted molar refractivity (Wildman–Crippen MR) is 58.1 cm³/mol. The Kier molecular flexibility index (Phi) is 5.25. The lowest BCUT2D eigenvalue weighted by Gasteiger charge is -2.24. The van der Waals surface area contributed by atoms with E-state index in [0.717, 1.165) is 25.9 Å². The van der Waals surface area contributed by atoms with Gasteiger partial charge in [0.1, 0.15) is 0 Å². The quantitative estimate of drug-likeness (QED) is 0.760. The molecule has 1 atom stereocenters. The lowest BCUT2D eigenvalue weighted by molar-refractivity contribution is -0.138. The average Bonchev–Trinajstić information content (AvgIpc) is 2.27. The first-order valence-corrected chi connectivity index (χ1v) is 5.67. The van der Waals surface area contributed by atoms with Gasteiger partial charge in [-0.05, 0) is 19.3 Å². The zero-order valence-corrected chi connectivity index (χ0v) is 9.65. The van der Waals surface area contributed by atoms with E-state index in [1.54, 1.807) is 7.05 Å². The van der Waals surface area contributed by atoms with Crippen LogP contribution in [0.25, 0.3) is 0 Å². The summed E-state index contributed by atoms with van der Waals surface area (Å²) in [5.41, 5.74) is 0. The number of amides is 1. The van der Waals surface area contributed by atoms with E-state index in [4.69, 9.17) is 9.84 Å². The smallest absolute Gasteiger partial charge is 0.305 e. The van der Waals surface area contributed by atoms with Crippen molar-refractivity contribution in [3.05, 3.63) is 0 Å². The molecule has 0 aliphatic carbocycles. The number of carboxylic acids is 1. The summed E-state index contributed by atoms with van der Waals surface area (Å²) in [6, 6.07) is 0. The molecule has 1 unspecified atom stereocenters. The van der Waals surface area contributed by atoms with Crippen molar-refractivity contribution in [2.24, 2.45) is 0 Å². The highest BCUT2D eigenvalue weighted by Gasteiger charge is 2.19. The Bertz CT molecular complexity index is 248. The largest absolute Gasteiger partial charge is 0.481 e. The molecule has 1 heterocycles. The van der Waals surface area contributed by atoms with Gasteiger partial charge in [0.25, 0.3) is 0 Å². The summed E-state index contributed by atoms with van der Waals surface area (Å²) in [5.74, 6) is -0.915. The Labute approximate surface area is 95.4 Å². The molecule has 1 saturated heterocycles. The maximum absolute atomic E-state index is 11.7. The molecule has 0 bridgehead atoms. The lowest BCUT2D eigenvalue weighted by Crippen LogP contribution is -2.33. The van der Waals surface area contributed by atoms with E-state index in [2.05, 4.69) is 0 Å². The van der Waals surface area contributed by atoms with Crippen LogP contribution in [0, 0.1) is 0 Å². The minimum atomic E-state index is -0.881. The molecule has 5 nitrogen and oxygen atoms in total. The number of hydrogen-bond donors (Lipinski definition) is 1. The third kappa shape index (κ3) is 4.61. The third-order valence-corrected chi connectivity index (χ3v) is 2.76. The van der Waals surface area contributed by atoms with Gasteiger partial charge in [-0.3, -0.25) is 9.59 Å². The molecule has 1 aliphatic heterocycles. The van der Waals surface area contributed by atoms with E-state index >= 15 is 0 Å². The van der Waals surface area contributed by atoms with Crippen LogP contribution in [0.3, 0.4) is 0 Å². The molecule has 0 aromatic rings. The number of ether oxygens (including phenoxy) is 1. The van der Waals surface area contributed by atoms with Gasteiger partial charge < -0.3 is 14.7 Å². The van der Waals surface area contributed by atoms with Gasteiger partial charge in [0.15, 0.2) is 0 Å². The second kappa shape index (κ2) is 6.48. The van der Waals surface area contributed by atoms with Crippen LogP contribution in [-0.2, 0) is 14.3 Å². The predicted octanol–water partition coefficient (Wildman–Crippen LogP) is 0.879. The van der Waals surface area contributed by atoms with Crippen LogP contribution < -0.4 is 0 Å². The van der Waals surface area contributed by atoms with Crippen molar-refractivity contribution in [1.29, 1.82) is 0 Å². The van der Waals surface area contributed by atoms with Gasteiger partial charge in [-0.1, -0.05) is 0 Å². The minimum Gasteiger partial charge on any atom is -0.481 e. The molecule has 0 saturated carbocycles. The number of aliphatic carboxylic acids is 1. The number of carboxylic acid groups (broad SMARTS) is 1. The number of rotatable bonds is 5. The highest BCUT2D eigenvalue weighted by atomic mass is 16.5. The molecule has 1 rings (SSSR count). The average molecular weight is 229 g/mol. The van der Waals surface area contributed by atoms with E-state index < -0.39 is 5.97 Å². The first kappa shape index (κ1) is 13.0. The van der Waals surface area contributed by atoms with Crippen molar-refractivity contribution in [3.63, 3.8) is 0 Å². The molecule has 92 valence electrons. The zero-order chi connectivity index (χ0) is 12.0. The number of carbonyl (C=O) groups excluding carboxylic acids is 1. The Morgan fingerprint density at radius 1 is 1.44 bits per heavy atom. The molecular weight excluding hydrogens is 210 g/mol. The van der Waals surface area contributed by atoms with Gasteiger partial charge in [-0.15, -0.1) is 0 Å². The van der Waals surface area contributed by atoms with Gasteiger partial charge in [0.05, 0.1) is 18.9 Å². The van der Waals surface area contributed by atoms with E-state index in [0.29, 0.717) is 6.42 Å². The van der Waals surface area contributed by atoms with Crippen LogP contribution in [0.2, 0.25) is 0 Å². The van der Waals surface area contributed by atoms with Crippen molar-refractivity contribution in [3.8, 4) is 0 Å². The maximum Gasteiger partial charge on any atom is 0.305 e. The van der Waals surface area contributed by atoms with Gasteiger partial charge >= 0.3 is 5.97 Å². The molecule has 0 spiro atoms.